The van der Waals surface area contributed by atoms with E-state index >= 15 is 0 Å². The second-order valence-corrected chi connectivity index (χ2v) is 5.21. The molecule has 1 aliphatic rings. The molecule has 0 bridgehead atoms. The lowest BCUT2D eigenvalue weighted by atomic mass is 9.86. The molecule has 2 heterocycles. The van der Waals surface area contributed by atoms with Crippen LogP contribution >= 0.6 is 0 Å². The first-order valence-corrected chi connectivity index (χ1v) is 6.55. The van der Waals surface area contributed by atoms with Gasteiger partial charge in [0.2, 0.25) is 0 Å². The summed E-state index contributed by atoms with van der Waals surface area (Å²) in [6, 6.07) is 1.68. The Morgan fingerprint density at radius 1 is 1.50 bits per heavy atom. The molecular weight excluding hydrogens is 262 g/mol. The van der Waals surface area contributed by atoms with Gasteiger partial charge < -0.3 is 15.2 Å². The number of carbonyl (C=O) groups excluding carboxylic acids is 1. The fourth-order valence-corrected chi connectivity index (χ4v) is 2.37. The van der Waals surface area contributed by atoms with Crippen molar-refractivity contribution in [2.45, 2.75) is 31.7 Å². The number of aliphatic carboxylic acids is 1. The summed E-state index contributed by atoms with van der Waals surface area (Å²) < 4.78 is 6.87. The number of amides is 1. The summed E-state index contributed by atoms with van der Waals surface area (Å²) in [5.41, 5.74) is 0.433. The van der Waals surface area contributed by atoms with Crippen LogP contribution < -0.4 is 5.32 Å². The topological polar surface area (TPSA) is 93.5 Å². The molecular formula is C13H19N3O4. The lowest BCUT2D eigenvalue weighted by Gasteiger charge is -2.36. The molecule has 1 fully saturated rings. The fourth-order valence-electron chi connectivity index (χ4n) is 2.37. The number of aryl methyl sites for hydroxylation is 2. The highest BCUT2D eigenvalue weighted by Crippen LogP contribution is 2.25. The van der Waals surface area contributed by atoms with Crippen molar-refractivity contribution >= 4 is 11.9 Å². The number of nitrogens with zero attached hydrogens (tertiary/aromatic N) is 2. The highest BCUT2D eigenvalue weighted by molar-refractivity contribution is 5.93. The molecule has 7 heteroatoms. The largest absolute Gasteiger partial charge is 0.481 e. The molecule has 1 amide bonds. The molecule has 0 aromatic carbocycles. The van der Waals surface area contributed by atoms with Crippen LogP contribution in [0.1, 0.15) is 35.4 Å². The summed E-state index contributed by atoms with van der Waals surface area (Å²) in [6.45, 7) is 2.76. The Kier molecular flexibility index (Phi) is 4.08. The number of carboxylic acids is 1. The molecule has 7 nitrogen and oxygen atoms in total. The number of hydrogen-bond acceptors (Lipinski definition) is 4. The summed E-state index contributed by atoms with van der Waals surface area (Å²) in [5, 5.41) is 16.0. The summed E-state index contributed by atoms with van der Waals surface area (Å²) in [4.78, 5) is 23.3. The lowest BCUT2D eigenvalue weighted by Crippen LogP contribution is -2.53. The highest BCUT2D eigenvalue weighted by Gasteiger charge is 2.37. The number of carboxylic acid groups (broad SMARTS) is 1. The molecule has 110 valence electrons. The Labute approximate surface area is 116 Å². The summed E-state index contributed by atoms with van der Waals surface area (Å²) in [5.74, 6) is -1.26. The van der Waals surface area contributed by atoms with Gasteiger partial charge in [0, 0.05) is 26.0 Å². The van der Waals surface area contributed by atoms with Crippen LogP contribution in [0.3, 0.4) is 0 Å². The predicted octanol–water partition coefficient (Wildman–Crippen LogP) is 0.482. The average Bonchev–Trinajstić information content (AvgIpc) is 2.69. The van der Waals surface area contributed by atoms with Gasteiger partial charge in [0.05, 0.1) is 12.0 Å². The molecule has 1 aliphatic heterocycles. The van der Waals surface area contributed by atoms with Gasteiger partial charge in [0.25, 0.3) is 5.91 Å². The molecule has 0 saturated carbocycles. The van der Waals surface area contributed by atoms with E-state index in [1.54, 1.807) is 17.8 Å². The normalized spacial score (nSPS) is 17.7. The van der Waals surface area contributed by atoms with E-state index in [2.05, 4.69) is 10.4 Å². The quantitative estimate of drug-likeness (QED) is 0.837. The van der Waals surface area contributed by atoms with Gasteiger partial charge >= 0.3 is 5.97 Å². The zero-order valence-corrected chi connectivity index (χ0v) is 11.7. The average molecular weight is 281 g/mol. The predicted molar refractivity (Wildman–Crippen MR) is 70.4 cm³/mol. The summed E-state index contributed by atoms with van der Waals surface area (Å²) in [7, 11) is 1.76. The molecule has 1 aromatic heterocycles. The maximum atomic E-state index is 12.2. The van der Waals surface area contributed by atoms with Crippen molar-refractivity contribution in [2.75, 3.05) is 13.2 Å². The number of nitrogens with one attached hydrogen (secondary N) is 1. The molecule has 1 saturated heterocycles. The minimum Gasteiger partial charge on any atom is -0.481 e. The summed E-state index contributed by atoms with van der Waals surface area (Å²) >= 11 is 0. The molecule has 0 atom stereocenters. The number of carbonyl (C=O) groups is 2. The molecule has 0 aliphatic carbocycles. The van der Waals surface area contributed by atoms with Gasteiger partial charge in [0.1, 0.15) is 5.69 Å². The maximum Gasteiger partial charge on any atom is 0.305 e. The van der Waals surface area contributed by atoms with Crippen LogP contribution in [-0.4, -0.2) is 45.5 Å². The van der Waals surface area contributed by atoms with Crippen LogP contribution in [0.25, 0.3) is 0 Å². The Morgan fingerprint density at radius 3 is 2.65 bits per heavy atom. The van der Waals surface area contributed by atoms with Gasteiger partial charge in [-0.15, -0.1) is 0 Å². The first-order valence-electron chi connectivity index (χ1n) is 6.55. The number of hydrogen-bond donors (Lipinski definition) is 2. The van der Waals surface area contributed by atoms with Crippen LogP contribution in [0.15, 0.2) is 6.07 Å². The Hall–Kier alpha value is -1.89. The van der Waals surface area contributed by atoms with Gasteiger partial charge in [-0.1, -0.05) is 0 Å². The molecule has 20 heavy (non-hydrogen) atoms. The first kappa shape index (κ1) is 14.5. The number of aromatic nitrogens is 2. The van der Waals surface area contributed by atoms with E-state index in [4.69, 9.17) is 9.84 Å². The van der Waals surface area contributed by atoms with Crippen molar-refractivity contribution in [3.8, 4) is 0 Å². The zero-order chi connectivity index (χ0) is 14.8. The fraction of sp³-hybridized carbons (Fsp3) is 0.615. The van der Waals surface area contributed by atoms with Gasteiger partial charge in [-0.25, -0.2) is 0 Å². The van der Waals surface area contributed by atoms with E-state index < -0.39 is 11.5 Å². The molecule has 0 spiro atoms. The van der Waals surface area contributed by atoms with Crippen molar-refractivity contribution in [1.82, 2.24) is 15.1 Å². The summed E-state index contributed by atoms with van der Waals surface area (Å²) in [6.07, 6.45) is 0.891. The SMILES string of the molecule is Cc1cc(C(=O)NC2(CC(=O)O)CCOCC2)nn1C. The zero-order valence-electron chi connectivity index (χ0n) is 11.7. The van der Waals surface area contributed by atoms with Gasteiger partial charge in [0.15, 0.2) is 0 Å². The van der Waals surface area contributed by atoms with Crippen molar-refractivity contribution < 1.29 is 19.4 Å². The molecule has 2 rings (SSSR count). The smallest absolute Gasteiger partial charge is 0.305 e. The van der Waals surface area contributed by atoms with Crippen LogP contribution in [0.2, 0.25) is 0 Å². The van der Waals surface area contributed by atoms with Crippen molar-refractivity contribution in [3.05, 3.63) is 17.5 Å². The van der Waals surface area contributed by atoms with E-state index in [1.807, 2.05) is 6.92 Å². The Balaban J connectivity index is 2.14. The van der Waals surface area contributed by atoms with E-state index in [0.717, 1.165) is 5.69 Å². The van der Waals surface area contributed by atoms with E-state index in [-0.39, 0.29) is 12.3 Å². The van der Waals surface area contributed by atoms with Gasteiger partial charge in [-0.3, -0.25) is 14.3 Å². The van der Waals surface area contributed by atoms with Crippen LogP contribution in [0.4, 0.5) is 0 Å². The molecule has 1 aromatic rings. The molecule has 2 N–H and O–H groups in total. The van der Waals surface area contributed by atoms with Crippen molar-refractivity contribution in [2.24, 2.45) is 7.05 Å². The Bertz CT molecular complexity index is 498. The van der Waals surface area contributed by atoms with Gasteiger partial charge in [-0.2, -0.15) is 5.10 Å². The van der Waals surface area contributed by atoms with E-state index in [9.17, 15) is 9.59 Å². The third kappa shape index (κ3) is 3.16. The third-order valence-corrected chi connectivity index (χ3v) is 3.66. The number of rotatable bonds is 4. The molecule has 0 radical (unpaired) electrons. The minimum atomic E-state index is -0.926. The number of ether oxygens (including phenoxy) is 1. The first-order chi connectivity index (χ1) is 9.42. The van der Waals surface area contributed by atoms with E-state index in [1.165, 1.54) is 0 Å². The lowest BCUT2D eigenvalue weighted by molar-refractivity contribution is -0.139. The van der Waals surface area contributed by atoms with E-state index in [0.29, 0.717) is 31.7 Å². The van der Waals surface area contributed by atoms with Crippen LogP contribution in [-0.2, 0) is 16.6 Å². The monoisotopic (exact) mass is 281 g/mol. The van der Waals surface area contributed by atoms with Crippen molar-refractivity contribution in [1.29, 1.82) is 0 Å². The maximum absolute atomic E-state index is 12.2. The highest BCUT2D eigenvalue weighted by atomic mass is 16.5. The van der Waals surface area contributed by atoms with Crippen LogP contribution in [0.5, 0.6) is 0 Å². The minimum absolute atomic E-state index is 0.103. The standard InChI is InChI=1S/C13H19N3O4/c1-9-7-10(15-16(9)2)12(19)14-13(8-11(17)18)3-5-20-6-4-13/h7H,3-6,8H2,1-2H3,(H,14,19)(H,17,18). The van der Waals surface area contributed by atoms with Crippen molar-refractivity contribution in [3.63, 3.8) is 0 Å². The molecule has 0 unspecified atom stereocenters. The van der Waals surface area contributed by atoms with Crippen LogP contribution in [0, 0.1) is 6.92 Å². The van der Waals surface area contributed by atoms with Gasteiger partial charge in [-0.05, 0) is 25.8 Å². The Morgan fingerprint density at radius 2 is 2.15 bits per heavy atom. The third-order valence-electron chi connectivity index (χ3n) is 3.66. The second-order valence-electron chi connectivity index (χ2n) is 5.21. The second kappa shape index (κ2) is 5.62.